The summed E-state index contributed by atoms with van der Waals surface area (Å²) in [6.45, 7) is 8.04. The van der Waals surface area contributed by atoms with Gasteiger partial charge in [0.05, 0.1) is 10.8 Å². The van der Waals surface area contributed by atoms with Crippen molar-refractivity contribution in [3.05, 3.63) is 39.8 Å². The van der Waals surface area contributed by atoms with E-state index in [1.54, 1.807) is 11.8 Å². The highest BCUT2D eigenvalue weighted by Crippen LogP contribution is 2.44. The van der Waals surface area contributed by atoms with Crippen molar-refractivity contribution in [2.45, 2.75) is 51.2 Å². The molecule has 1 fully saturated rings. The zero-order valence-electron chi connectivity index (χ0n) is 15.7. The minimum absolute atomic E-state index is 0.0986. The summed E-state index contributed by atoms with van der Waals surface area (Å²) < 4.78 is 0. The lowest BCUT2D eigenvalue weighted by atomic mass is 9.88. The summed E-state index contributed by atoms with van der Waals surface area (Å²) in [6, 6.07) is 0. The van der Waals surface area contributed by atoms with Crippen molar-refractivity contribution < 1.29 is 9.66 Å². The SMILES string of the molecule is CC=CC(=CC)CC1SC(N[N+](=O)C(=CCC)SC)C(C(N)=O)C1C. The highest BCUT2D eigenvalue weighted by atomic mass is 32.2. The molecular formula is C18H30N3O2S2+. The lowest BCUT2D eigenvalue weighted by Gasteiger charge is -2.18. The van der Waals surface area contributed by atoms with E-state index in [9.17, 15) is 9.70 Å². The minimum atomic E-state index is -0.375. The highest BCUT2D eigenvalue weighted by molar-refractivity contribution is 8.02. The van der Waals surface area contributed by atoms with Gasteiger partial charge in [0.15, 0.2) is 4.87 Å². The van der Waals surface area contributed by atoms with Crippen LogP contribution >= 0.6 is 23.5 Å². The first-order chi connectivity index (χ1) is 11.9. The normalized spacial score (nSPS) is 27.7. The Morgan fingerprint density at radius 1 is 1.40 bits per heavy atom. The number of nitrogens with two attached hydrogens (primary N) is 1. The first-order valence-electron chi connectivity index (χ1n) is 8.59. The van der Waals surface area contributed by atoms with Gasteiger partial charge in [-0.3, -0.25) is 4.79 Å². The minimum Gasteiger partial charge on any atom is -0.369 e. The predicted octanol–water partition coefficient (Wildman–Crippen LogP) is 3.98. The number of nitrogens with zero attached hydrogens (tertiary/aromatic N) is 1. The molecule has 1 heterocycles. The largest absolute Gasteiger partial charge is 0.369 e. The summed E-state index contributed by atoms with van der Waals surface area (Å²) in [5.74, 6) is -0.631. The van der Waals surface area contributed by atoms with Crippen LogP contribution in [0.3, 0.4) is 0 Å². The first-order valence-corrected chi connectivity index (χ1v) is 10.8. The smallest absolute Gasteiger partial charge is 0.321 e. The predicted molar refractivity (Wildman–Crippen MR) is 109 cm³/mol. The molecular weight excluding hydrogens is 354 g/mol. The maximum Gasteiger partial charge on any atom is 0.321 e. The maximum atomic E-state index is 12.4. The summed E-state index contributed by atoms with van der Waals surface area (Å²) in [5.41, 5.74) is 9.81. The number of allylic oxidation sites excluding steroid dienone is 5. The highest BCUT2D eigenvalue weighted by Gasteiger charge is 2.47. The molecule has 0 saturated carbocycles. The molecule has 1 rings (SSSR count). The Bertz CT molecular complexity index is 573. The Balaban J connectivity index is 2.93. The number of amides is 1. The molecule has 4 unspecified atom stereocenters. The fraction of sp³-hybridized carbons (Fsp3) is 0.611. The molecule has 1 saturated heterocycles. The molecule has 5 nitrogen and oxygen atoms in total. The second kappa shape index (κ2) is 10.7. The standard InChI is InChI=1S/C18H29N3O2S2/c1-6-9-13(8-3)11-14-12(4)16(17(19)22)18(25-14)20-21(23)15(24-5)10-7-2/h6,8-10,12,14,16,18H,7,11H2,1-5H3,(H2-,19,20,22,23)/p+1. The average Bonchev–Trinajstić information content (AvgIpc) is 2.87. The second-order valence-electron chi connectivity index (χ2n) is 6.03. The molecule has 4 atom stereocenters. The Morgan fingerprint density at radius 3 is 2.56 bits per heavy atom. The van der Waals surface area contributed by atoms with Crippen molar-refractivity contribution in [3.63, 3.8) is 0 Å². The average molecular weight is 385 g/mol. The third-order valence-electron chi connectivity index (χ3n) is 4.35. The van der Waals surface area contributed by atoms with Crippen LogP contribution in [0.15, 0.2) is 34.9 Å². The Labute approximate surface area is 159 Å². The summed E-state index contributed by atoms with van der Waals surface area (Å²) in [5, 5.41) is 0.523. The van der Waals surface area contributed by atoms with Crippen LogP contribution in [-0.4, -0.2) is 27.7 Å². The van der Waals surface area contributed by atoms with Gasteiger partial charge in [0, 0.05) is 11.3 Å². The van der Waals surface area contributed by atoms with Crippen LogP contribution in [0.4, 0.5) is 0 Å². The van der Waals surface area contributed by atoms with Crippen molar-refractivity contribution >= 4 is 29.4 Å². The number of hydrogen-bond donors (Lipinski definition) is 2. The molecule has 0 spiro atoms. The van der Waals surface area contributed by atoms with E-state index in [0.29, 0.717) is 5.03 Å². The Hall–Kier alpha value is -1.21. The molecule has 0 aromatic carbocycles. The first kappa shape index (κ1) is 21.8. The zero-order chi connectivity index (χ0) is 19.0. The van der Waals surface area contributed by atoms with Crippen LogP contribution in [0, 0.1) is 16.7 Å². The number of carbonyl (C=O) groups is 1. The van der Waals surface area contributed by atoms with Gasteiger partial charge in [-0.25, -0.2) is 0 Å². The molecule has 3 N–H and O–H groups in total. The van der Waals surface area contributed by atoms with Crippen LogP contribution in [0.25, 0.3) is 0 Å². The van der Waals surface area contributed by atoms with Gasteiger partial charge in [0.1, 0.15) is 5.37 Å². The number of hydrogen-bond acceptors (Lipinski definition) is 4. The van der Waals surface area contributed by atoms with Crippen molar-refractivity contribution in [3.8, 4) is 0 Å². The van der Waals surface area contributed by atoms with Crippen molar-refractivity contribution in [2.75, 3.05) is 6.26 Å². The van der Waals surface area contributed by atoms with Gasteiger partial charge >= 0.3 is 5.03 Å². The van der Waals surface area contributed by atoms with Gasteiger partial charge in [0.25, 0.3) is 0 Å². The van der Waals surface area contributed by atoms with Gasteiger partial charge in [-0.1, -0.05) is 49.4 Å². The molecule has 1 aliphatic rings. The molecule has 25 heavy (non-hydrogen) atoms. The van der Waals surface area contributed by atoms with Crippen LogP contribution in [0.5, 0.6) is 0 Å². The lowest BCUT2D eigenvalue weighted by Crippen LogP contribution is -2.43. The molecule has 1 amide bonds. The zero-order valence-corrected chi connectivity index (χ0v) is 17.3. The topological polar surface area (TPSA) is 75.2 Å². The van der Waals surface area contributed by atoms with E-state index in [4.69, 9.17) is 5.73 Å². The van der Waals surface area contributed by atoms with E-state index >= 15 is 0 Å². The maximum absolute atomic E-state index is 12.4. The molecule has 0 radical (unpaired) electrons. The van der Waals surface area contributed by atoms with Crippen LogP contribution < -0.4 is 11.2 Å². The van der Waals surface area contributed by atoms with Crippen LogP contribution in [-0.2, 0) is 4.79 Å². The molecule has 0 bridgehead atoms. The monoisotopic (exact) mass is 384 g/mol. The van der Waals surface area contributed by atoms with Gasteiger partial charge < -0.3 is 5.73 Å². The third-order valence-corrected chi connectivity index (χ3v) is 6.74. The molecule has 0 aromatic rings. The number of thioether (sulfide) groups is 2. The van der Waals surface area contributed by atoms with E-state index in [0.717, 1.165) is 17.7 Å². The fourth-order valence-electron chi connectivity index (χ4n) is 2.99. The van der Waals surface area contributed by atoms with E-state index < -0.39 is 0 Å². The number of primary amides is 1. The molecule has 7 heteroatoms. The third kappa shape index (κ3) is 5.92. The van der Waals surface area contributed by atoms with Crippen LogP contribution in [0.1, 0.15) is 40.5 Å². The van der Waals surface area contributed by atoms with Gasteiger partial charge in [-0.2, -0.15) is 0 Å². The van der Waals surface area contributed by atoms with E-state index in [-0.39, 0.29) is 28.4 Å². The van der Waals surface area contributed by atoms with Crippen LogP contribution in [0.2, 0.25) is 0 Å². The van der Waals surface area contributed by atoms with Gasteiger partial charge in [-0.15, -0.1) is 17.2 Å². The Kier molecular flexibility index (Phi) is 9.35. The summed E-state index contributed by atoms with van der Waals surface area (Å²) in [7, 11) is 0. The molecule has 140 valence electrons. The van der Waals surface area contributed by atoms with Crippen molar-refractivity contribution in [1.29, 1.82) is 0 Å². The summed E-state index contributed by atoms with van der Waals surface area (Å²) in [4.78, 5) is 25.2. The van der Waals surface area contributed by atoms with E-state index in [1.165, 1.54) is 17.3 Å². The molecule has 1 aliphatic heterocycles. The number of hydrazine groups is 1. The van der Waals surface area contributed by atoms with Crippen molar-refractivity contribution in [1.82, 2.24) is 5.43 Å². The number of rotatable bonds is 9. The number of nitrogens with one attached hydrogen (secondary N) is 1. The molecule has 0 aromatic heterocycles. The Morgan fingerprint density at radius 2 is 2.08 bits per heavy atom. The van der Waals surface area contributed by atoms with Gasteiger partial charge in [0.2, 0.25) is 5.91 Å². The van der Waals surface area contributed by atoms with Gasteiger partial charge in [-0.05, 0) is 38.9 Å². The summed E-state index contributed by atoms with van der Waals surface area (Å²) >= 11 is 3.02. The fourth-order valence-corrected chi connectivity index (χ4v) is 5.33. The van der Waals surface area contributed by atoms with Crippen molar-refractivity contribution in [2.24, 2.45) is 17.6 Å². The lowest BCUT2D eigenvalue weighted by molar-refractivity contribution is -0.553. The quantitative estimate of drug-likeness (QED) is 0.357. The number of carbonyl (C=O) groups excluding carboxylic acids is 1. The van der Waals surface area contributed by atoms with E-state index in [2.05, 4.69) is 17.6 Å². The summed E-state index contributed by atoms with van der Waals surface area (Å²) in [6.07, 6.45) is 11.6. The number of nitroso groups, excluding NO2 is 1. The van der Waals surface area contributed by atoms with E-state index in [1.807, 2.05) is 46.1 Å². The molecule has 0 aliphatic carbocycles. The second-order valence-corrected chi connectivity index (χ2v) is 8.24.